The number of thioether (sulfide) groups is 1. The van der Waals surface area contributed by atoms with Crippen molar-refractivity contribution in [3.8, 4) is 0 Å². The normalized spacial score (nSPS) is 20.7. The molecule has 6 nitrogen and oxygen atoms in total. The number of rotatable bonds is 8. The molecule has 0 bridgehead atoms. The molecule has 3 rings (SSSR count). The number of carbonyl (C=O) groups is 1. The van der Waals surface area contributed by atoms with Crippen LogP contribution < -0.4 is 16.1 Å². The molecule has 1 aliphatic carbocycles. The lowest BCUT2D eigenvalue weighted by atomic mass is 9.92. The number of hydrogen-bond acceptors (Lipinski definition) is 6. The number of ether oxygens (including phenoxy) is 1. The highest BCUT2D eigenvalue weighted by Gasteiger charge is 2.36. The summed E-state index contributed by atoms with van der Waals surface area (Å²) < 4.78 is 31.9. The lowest BCUT2D eigenvalue weighted by molar-refractivity contribution is -0.115. The fourth-order valence-electron chi connectivity index (χ4n) is 3.25. The summed E-state index contributed by atoms with van der Waals surface area (Å²) in [5.41, 5.74) is 4.59. The predicted octanol–water partition coefficient (Wildman–Crippen LogP) is 7.24. The van der Waals surface area contributed by atoms with Gasteiger partial charge in [-0.05, 0) is 43.8 Å². The van der Waals surface area contributed by atoms with Crippen molar-refractivity contribution in [3.63, 3.8) is 0 Å². The van der Waals surface area contributed by atoms with Crippen molar-refractivity contribution < 1.29 is 18.3 Å². The summed E-state index contributed by atoms with van der Waals surface area (Å²) in [6.07, 6.45) is 9.16. The van der Waals surface area contributed by atoms with Crippen LogP contribution in [0.2, 0.25) is 0 Å². The second-order valence-corrected chi connectivity index (χ2v) is 9.07. The van der Waals surface area contributed by atoms with Gasteiger partial charge in [0.25, 0.3) is 12.3 Å². The van der Waals surface area contributed by atoms with Gasteiger partial charge in [-0.15, -0.1) is 0 Å². The first-order valence-corrected chi connectivity index (χ1v) is 14.5. The molecule has 0 radical (unpaired) electrons. The number of nitrogens with one attached hydrogen (secondary N) is 3. The third-order valence-corrected chi connectivity index (χ3v) is 6.56. The Morgan fingerprint density at radius 2 is 1.84 bits per heavy atom. The molecule has 0 saturated heterocycles. The number of amidine groups is 1. The van der Waals surface area contributed by atoms with E-state index in [4.69, 9.17) is 4.74 Å². The number of allylic oxidation sites excluding steroid dienone is 2. The molecule has 9 heteroatoms. The van der Waals surface area contributed by atoms with Crippen molar-refractivity contribution in [2.24, 2.45) is 11.0 Å². The standard InChI is InChI=1S/C20H26F2N4O2S.C4H10.2C2H6/c1-4-6-13(18(27)24-20-26-25-19(29-20)11-7-8-11)12(5-2)14-9-15(17(21)22)23-10-16(14)28-3;1-3-4-2;2*1-2/h4,6,9-11,15,17,19,23,25H,5,7-8H2,1-3H3,(H,24,26,27);3-4H2,1-2H3;2*1-2H3/b6-4-,13-12-;;;. The minimum absolute atomic E-state index is 0.201. The maximum atomic E-state index is 13.3. The van der Waals surface area contributed by atoms with E-state index in [-0.39, 0.29) is 11.3 Å². The minimum Gasteiger partial charge on any atom is -0.495 e. The number of amides is 1. The molecule has 2 unspecified atom stereocenters. The molecule has 37 heavy (non-hydrogen) atoms. The quantitative estimate of drug-likeness (QED) is 0.223. The highest BCUT2D eigenvalue weighted by atomic mass is 32.2. The highest BCUT2D eigenvalue weighted by molar-refractivity contribution is 8.14. The van der Waals surface area contributed by atoms with Crippen LogP contribution in [-0.2, 0) is 9.53 Å². The van der Waals surface area contributed by atoms with Gasteiger partial charge < -0.3 is 10.1 Å². The molecule has 2 aliphatic heterocycles. The van der Waals surface area contributed by atoms with Gasteiger partial charge in [0.05, 0.1) is 12.5 Å². The number of halogens is 2. The van der Waals surface area contributed by atoms with E-state index in [9.17, 15) is 13.6 Å². The molecule has 0 aromatic heterocycles. The van der Waals surface area contributed by atoms with Crippen LogP contribution in [-0.4, -0.2) is 36.0 Å². The van der Waals surface area contributed by atoms with Crippen molar-refractivity contribution in [2.45, 2.75) is 105 Å². The van der Waals surface area contributed by atoms with Crippen LogP contribution in [0, 0.1) is 5.92 Å². The van der Waals surface area contributed by atoms with Crippen LogP contribution in [0.15, 0.2) is 52.0 Å². The largest absolute Gasteiger partial charge is 0.495 e. The van der Waals surface area contributed by atoms with Crippen LogP contribution in [0.4, 0.5) is 8.78 Å². The predicted molar refractivity (Wildman–Crippen MR) is 154 cm³/mol. The molecule has 2 atom stereocenters. The maximum Gasteiger partial charge on any atom is 0.261 e. The molecule has 0 aromatic rings. The summed E-state index contributed by atoms with van der Waals surface area (Å²) in [4.78, 5) is 13.0. The molecule has 3 N–H and O–H groups in total. The van der Waals surface area contributed by atoms with E-state index in [1.165, 1.54) is 56.8 Å². The van der Waals surface area contributed by atoms with E-state index in [2.05, 4.69) is 35.0 Å². The van der Waals surface area contributed by atoms with Crippen LogP contribution >= 0.6 is 11.8 Å². The Bertz CT molecular complexity index is 832. The lowest BCUT2D eigenvalue weighted by Crippen LogP contribution is -2.34. The van der Waals surface area contributed by atoms with Gasteiger partial charge in [-0.1, -0.05) is 85.2 Å². The van der Waals surface area contributed by atoms with Gasteiger partial charge in [0.2, 0.25) is 0 Å². The monoisotopic (exact) mass is 542 g/mol. The molecule has 3 aliphatic rings. The number of nitrogens with zero attached hydrogens (tertiary/aromatic N) is 1. The van der Waals surface area contributed by atoms with Crippen molar-refractivity contribution in [3.05, 3.63) is 46.9 Å². The number of hydrogen-bond donors (Lipinski definition) is 3. The zero-order valence-electron chi connectivity index (χ0n) is 24.1. The molecule has 1 saturated carbocycles. The molecule has 0 spiro atoms. The summed E-state index contributed by atoms with van der Waals surface area (Å²) in [5, 5.41) is 10.4. The molecule has 2 heterocycles. The van der Waals surface area contributed by atoms with E-state index in [0.29, 0.717) is 40.0 Å². The number of hydrazone groups is 1. The number of methoxy groups -OCH3 is 1. The van der Waals surface area contributed by atoms with Gasteiger partial charge in [-0.3, -0.25) is 15.5 Å². The van der Waals surface area contributed by atoms with Gasteiger partial charge in [0.1, 0.15) is 11.8 Å². The van der Waals surface area contributed by atoms with Crippen LogP contribution in [0.1, 0.15) is 87.5 Å². The first-order chi connectivity index (χ1) is 17.9. The summed E-state index contributed by atoms with van der Waals surface area (Å²) in [6, 6.07) is -1.14. The summed E-state index contributed by atoms with van der Waals surface area (Å²) in [5.74, 6) is 0.681. The van der Waals surface area contributed by atoms with E-state index >= 15 is 0 Å². The molecule has 0 aromatic carbocycles. The van der Waals surface area contributed by atoms with Gasteiger partial charge in [-0.25, -0.2) is 8.78 Å². The van der Waals surface area contributed by atoms with Crippen molar-refractivity contribution in [1.82, 2.24) is 16.1 Å². The Hall–Kier alpha value is -2.29. The molecule has 1 fully saturated rings. The second kappa shape index (κ2) is 19.8. The summed E-state index contributed by atoms with van der Waals surface area (Å²) in [6.45, 7) is 16.0. The molecular weight excluding hydrogens is 494 g/mol. The van der Waals surface area contributed by atoms with E-state index in [0.717, 1.165) is 0 Å². The Morgan fingerprint density at radius 3 is 2.30 bits per heavy atom. The topological polar surface area (TPSA) is 74.8 Å². The van der Waals surface area contributed by atoms with Crippen molar-refractivity contribution in [2.75, 3.05) is 7.11 Å². The first kappa shape index (κ1) is 34.7. The SMILES string of the molecule is C/C=C\C(C(=O)NC1=NNC(C2CC2)S1)=C(/CC)C1=CC(C(F)F)NC=C1OC.CC.CC.CCCC. The zero-order chi connectivity index (χ0) is 28.4. The van der Waals surface area contributed by atoms with Gasteiger partial charge in [-0.2, -0.15) is 5.10 Å². The van der Waals surface area contributed by atoms with Crippen LogP contribution in [0.3, 0.4) is 0 Å². The number of alkyl halides is 2. The third kappa shape index (κ3) is 11.3. The number of carbonyl (C=O) groups excluding carboxylic acids is 1. The summed E-state index contributed by atoms with van der Waals surface area (Å²) in [7, 11) is 1.47. The van der Waals surface area contributed by atoms with Crippen molar-refractivity contribution >= 4 is 22.8 Å². The Labute approximate surface area is 227 Å². The third-order valence-electron chi connectivity index (χ3n) is 5.39. The molecular formula is C28H48F2N4O2S. The second-order valence-electron chi connectivity index (χ2n) is 7.94. The fraction of sp³-hybridized carbons (Fsp3) is 0.643. The van der Waals surface area contributed by atoms with Gasteiger partial charge >= 0.3 is 0 Å². The van der Waals surface area contributed by atoms with Gasteiger partial charge in [0.15, 0.2) is 5.17 Å². The molecule has 1 amide bonds. The number of unbranched alkanes of at least 4 members (excludes halogenated alkanes) is 1. The fourth-order valence-corrected chi connectivity index (χ4v) is 4.31. The van der Waals surface area contributed by atoms with E-state index in [1.54, 1.807) is 19.1 Å². The average Bonchev–Trinajstić information content (AvgIpc) is 3.69. The lowest BCUT2D eigenvalue weighted by Gasteiger charge is -2.24. The highest BCUT2D eigenvalue weighted by Crippen LogP contribution is 2.39. The Balaban J connectivity index is 0.00000145. The average molecular weight is 543 g/mol. The van der Waals surface area contributed by atoms with E-state index < -0.39 is 12.5 Å². The molecule has 212 valence electrons. The Kier molecular flexibility index (Phi) is 18.5. The minimum atomic E-state index is -2.58. The first-order valence-electron chi connectivity index (χ1n) is 13.6. The van der Waals surface area contributed by atoms with Crippen LogP contribution in [0.25, 0.3) is 0 Å². The Morgan fingerprint density at radius 1 is 1.22 bits per heavy atom. The number of dihydropyridines is 1. The van der Waals surface area contributed by atoms with E-state index in [1.807, 2.05) is 34.6 Å². The maximum absolute atomic E-state index is 13.3. The van der Waals surface area contributed by atoms with Crippen molar-refractivity contribution in [1.29, 1.82) is 0 Å². The van der Waals surface area contributed by atoms with Crippen LogP contribution in [0.5, 0.6) is 0 Å². The van der Waals surface area contributed by atoms with Gasteiger partial charge in [0, 0.05) is 17.3 Å². The zero-order valence-corrected chi connectivity index (χ0v) is 24.9. The smallest absolute Gasteiger partial charge is 0.261 e. The summed E-state index contributed by atoms with van der Waals surface area (Å²) >= 11 is 1.51.